The largest absolute Gasteiger partial charge is 0.488 e. The first-order valence-corrected chi connectivity index (χ1v) is 8.75. The standard InChI is InChI=1S/C19H23N3O4/c1-12-16(13(2)26-22-12)11-25-17-6-4-3-5-15(17)19(24)21-10-9-20-18(23)14-7-8-14/h3-6,14H,7-11H2,1-2H3,(H,20,23)(H,21,24). The molecule has 1 aliphatic carbocycles. The highest BCUT2D eigenvalue weighted by Gasteiger charge is 2.29. The van der Waals surface area contributed by atoms with Gasteiger partial charge < -0.3 is 19.9 Å². The fraction of sp³-hybridized carbons (Fsp3) is 0.421. The number of aromatic nitrogens is 1. The van der Waals surface area contributed by atoms with Crippen molar-refractivity contribution in [3.05, 3.63) is 46.8 Å². The molecule has 0 radical (unpaired) electrons. The molecule has 7 heteroatoms. The summed E-state index contributed by atoms with van der Waals surface area (Å²) < 4.78 is 10.9. The van der Waals surface area contributed by atoms with E-state index in [1.54, 1.807) is 18.2 Å². The number of nitrogens with one attached hydrogen (secondary N) is 2. The Bertz CT molecular complexity index is 776. The first kappa shape index (κ1) is 18.0. The minimum absolute atomic E-state index is 0.0717. The van der Waals surface area contributed by atoms with Gasteiger partial charge >= 0.3 is 0 Å². The van der Waals surface area contributed by atoms with Crippen molar-refractivity contribution < 1.29 is 18.8 Å². The van der Waals surface area contributed by atoms with E-state index in [0.29, 0.717) is 30.2 Å². The maximum absolute atomic E-state index is 12.4. The number of para-hydroxylation sites is 1. The second kappa shape index (κ2) is 8.03. The Labute approximate surface area is 152 Å². The predicted octanol–water partition coefficient (Wildman–Crippen LogP) is 2.13. The molecule has 1 aliphatic rings. The highest BCUT2D eigenvalue weighted by atomic mass is 16.5. The van der Waals surface area contributed by atoms with E-state index in [1.807, 2.05) is 19.9 Å². The van der Waals surface area contributed by atoms with Crippen LogP contribution in [0.5, 0.6) is 5.75 Å². The number of carbonyl (C=O) groups is 2. The molecule has 2 amide bonds. The average Bonchev–Trinajstić information content (AvgIpc) is 3.44. The van der Waals surface area contributed by atoms with E-state index in [0.717, 1.165) is 24.1 Å². The Kier molecular flexibility index (Phi) is 5.55. The lowest BCUT2D eigenvalue weighted by molar-refractivity contribution is -0.122. The van der Waals surface area contributed by atoms with Crippen LogP contribution in [0.4, 0.5) is 0 Å². The highest BCUT2D eigenvalue weighted by Crippen LogP contribution is 2.28. The Morgan fingerprint density at radius 1 is 1.19 bits per heavy atom. The molecule has 0 bridgehead atoms. The normalized spacial score (nSPS) is 13.3. The SMILES string of the molecule is Cc1noc(C)c1COc1ccccc1C(=O)NCCNC(=O)C1CC1. The second-order valence-electron chi connectivity index (χ2n) is 6.41. The molecule has 0 aliphatic heterocycles. The predicted molar refractivity (Wildman–Crippen MR) is 94.8 cm³/mol. The number of hydrogen-bond donors (Lipinski definition) is 2. The van der Waals surface area contributed by atoms with Gasteiger partial charge in [-0.3, -0.25) is 9.59 Å². The topological polar surface area (TPSA) is 93.5 Å². The van der Waals surface area contributed by atoms with Crippen LogP contribution >= 0.6 is 0 Å². The summed E-state index contributed by atoms with van der Waals surface area (Å²) in [6.07, 6.45) is 1.93. The van der Waals surface area contributed by atoms with Crippen LogP contribution in [-0.4, -0.2) is 30.1 Å². The summed E-state index contributed by atoms with van der Waals surface area (Å²) in [6.45, 7) is 4.75. The van der Waals surface area contributed by atoms with Crippen LogP contribution in [-0.2, 0) is 11.4 Å². The Morgan fingerprint density at radius 2 is 1.92 bits per heavy atom. The number of benzene rings is 1. The van der Waals surface area contributed by atoms with Crippen LogP contribution in [0.2, 0.25) is 0 Å². The average molecular weight is 357 g/mol. The molecule has 1 saturated carbocycles. The molecule has 26 heavy (non-hydrogen) atoms. The first-order chi connectivity index (χ1) is 12.6. The number of carbonyl (C=O) groups excluding carboxylic acids is 2. The van der Waals surface area contributed by atoms with E-state index in [1.165, 1.54) is 0 Å². The van der Waals surface area contributed by atoms with Crippen LogP contribution in [0.25, 0.3) is 0 Å². The molecule has 1 aromatic carbocycles. The van der Waals surface area contributed by atoms with Gasteiger partial charge in [-0.2, -0.15) is 0 Å². The van der Waals surface area contributed by atoms with Gasteiger partial charge in [0.05, 0.1) is 16.8 Å². The lowest BCUT2D eigenvalue weighted by Crippen LogP contribution is -2.35. The van der Waals surface area contributed by atoms with Gasteiger partial charge in [0.25, 0.3) is 5.91 Å². The van der Waals surface area contributed by atoms with Crippen molar-refractivity contribution in [3.8, 4) is 5.75 Å². The van der Waals surface area contributed by atoms with Crippen molar-refractivity contribution in [1.82, 2.24) is 15.8 Å². The molecule has 1 heterocycles. The summed E-state index contributed by atoms with van der Waals surface area (Å²) in [7, 11) is 0. The maximum Gasteiger partial charge on any atom is 0.255 e. The summed E-state index contributed by atoms with van der Waals surface area (Å²) >= 11 is 0. The molecule has 0 spiro atoms. The van der Waals surface area contributed by atoms with Crippen LogP contribution in [0.3, 0.4) is 0 Å². The van der Waals surface area contributed by atoms with Crippen molar-refractivity contribution >= 4 is 11.8 Å². The molecule has 0 unspecified atom stereocenters. The van der Waals surface area contributed by atoms with E-state index in [9.17, 15) is 9.59 Å². The first-order valence-electron chi connectivity index (χ1n) is 8.75. The zero-order valence-electron chi connectivity index (χ0n) is 15.0. The molecule has 1 fully saturated rings. The number of amides is 2. The Balaban J connectivity index is 1.53. The van der Waals surface area contributed by atoms with Crippen molar-refractivity contribution in [3.63, 3.8) is 0 Å². The van der Waals surface area contributed by atoms with E-state index in [4.69, 9.17) is 9.26 Å². The molecule has 1 aromatic heterocycles. The quantitative estimate of drug-likeness (QED) is 0.706. The molecule has 138 valence electrons. The number of hydrogen-bond acceptors (Lipinski definition) is 5. The number of rotatable bonds is 8. The van der Waals surface area contributed by atoms with Crippen LogP contribution < -0.4 is 15.4 Å². The summed E-state index contributed by atoms with van der Waals surface area (Å²) in [4.78, 5) is 24.0. The lowest BCUT2D eigenvalue weighted by atomic mass is 10.2. The fourth-order valence-electron chi connectivity index (χ4n) is 2.58. The van der Waals surface area contributed by atoms with E-state index >= 15 is 0 Å². The summed E-state index contributed by atoms with van der Waals surface area (Å²) in [5.41, 5.74) is 2.10. The smallest absolute Gasteiger partial charge is 0.255 e. The van der Waals surface area contributed by atoms with Crippen molar-refractivity contribution in [1.29, 1.82) is 0 Å². The molecule has 0 atom stereocenters. The zero-order chi connectivity index (χ0) is 18.5. The Morgan fingerprint density at radius 3 is 2.62 bits per heavy atom. The van der Waals surface area contributed by atoms with E-state index in [-0.39, 0.29) is 24.3 Å². The van der Waals surface area contributed by atoms with Gasteiger partial charge in [-0.25, -0.2) is 0 Å². The van der Waals surface area contributed by atoms with Gasteiger partial charge in [0.1, 0.15) is 18.1 Å². The molecule has 2 N–H and O–H groups in total. The maximum atomic E-state index is 12.4. The number of nitrogens with zero attached hydrogens (tertiary/aromatic N) is 1. The zero-order valence-corrected chi connectivity index (χ0v) is 15.0. The molecule has 3 rings (SSSR count). The molecule has 7 nitrogen and oxygen atoms in total. The molecular weight excluding hydrogens is 334 g/mol. The lowest BCUT2D eigenvalue weighted by Gasteiger charge is -2.12. The van der Waals surface area contributed by atoms with Gasteiger partial charge in [0, 0.05) is 19.0 Å². The summed E-state index contributed by atoms with van der Waals surface area (Å²) in [5.74, 6) is 1.20. The van der Waals surface area contributed by atoms with E-state index < -0.39 is 0 Å². The van der Waals surface area contributed by atoms with Crippen LogP contribution in [0.1, 0.15) is 40.2 Å². The van der Waals surface area contributed by atoms with E-state index in [2.05, 4.69) is 15.8 Å². The Hall–Kier alpha value is -2.83. The van der Waals surface area contributed by atoms with Crippen LogP contribution in [0.15, 0.2) is 28.8 Å². The van der Waals surface area contributed by atoms with Gasteiger partial charge in [-0.1, -0.05) is 17.3 Å². The highest BCUT2D eigenvalue weighted by molar-refractivity contribution is 5.96. The van der Waals surface area contributed by atoms with Gasteiger partial charge in [0.15, 0.2) is 0 Å². The molecule has 0 saturated heterocycles. The molecule has 2 aromatic rings. The third-order valence-corrected chi connectivity index (χ3v) is 4.34. The monoisotopic (exact) mass is 357 g/mol. The minimum Gasteiger partial charge on any atom is -0.488 e. The van der Waals surface area contributed by atoms with Gasteiger partial charge in [0.2, 0.25) is 5.91 Å². The van der Waals surface area contributed by atoms with Crippen LogP contribution in [0, 0.1) is 19.8 Å². The third-order valence-electron chi connectivity index (χ3n) is 4.34. The minimum atomic E-state index is -0.236. The number of aryl methyl sites for hydroxylation is 2. The summed E-state index contributed by atoms with van der Waals surface area (Å²) in [5, 5.41) is 9.52. The van der Waals surface area contributed by atoms with Crippen molar-refractivity contribution in [2.24, 2.45) is 5.92 Å². The fourth-order valence-corrected chi connectivity index (χ4v) is 2.58. The van der Waals surface area contributed by atoms with Gasteiger partial charge in [-0.05, 0) is 38.8 Å². The molecular formula is C19H23N3O4. The second-order valence-corrected chi connectivity index (χ2v) is 6.41. The third kappa shape index (κ3) is 4.41. The van der Waals surface area contributed by atoms with Gasteiger partial charge in [-0.15, -0.1) is 0 Å². The van der Waals surface area contributed by atoms with Crippen molar-refractivity contribution in [2.45, 2.75) is 33.3 Å². The summed E-state index contributed by atoms with van der Waals surface area (Å²) in [6, 6.07) is 7.06. The van der Waals surface area contributed by atoms with Crippen molar-refractivity contribution in [2.75, 3.05) is 13.1 Å². The number of ether oxygens (including phenoxy) is 1.